The monoisotopic (exact) mass is 418 g/mol. The molecular formula is C21H23ClN2O5. The number of anilines is 1. The van der Waals surface area contributed by atoms with Gasteiger partial charge in [0.1, 0.15) is 11.3 Å². The number of halogens is 1. The molecule has 0 saturated heterocycles. The summed E-state index contributed by atoms with van der Waals surface area (Å²) in [7, 11) is 0. The van der Waals surface area contributed by atoms with Crippen molar-refractivity contribution in [1.82, 2.24) is 4.90 Å². The molecule has 29 heavy (non-hydrogen) atoms. The number of phenols is 1. The van der Waals surface area contributed by atoms with Gasteiger partial charge in [-0.1, -0.05) is 36.7 Å². The topological polar surface area (TPSA) is 95.9 Å². The summed E-state index contributed by atoms with van der Waals surface area (Å²) in [6.45, 7) is 3.38. The predicted molar refractivity (Wildman–Crippen MR) is 110 cm³/mol. The number of aryl methyl sites for hydroxylation is 1. The number of carbonyl (C=O) groups is 3. The number of carbonyl (C=O) groups excluding carboxylic acids is 3. The highest BCUT2D eigenvalue weighted by Crippen LogP contribution is 2.22. The molecule has 154 valence electrons. The van der Waals surface area contributed by atoms with Crippen molar-refractivity contribution < 1.29 is 24.2 Å². The molecule has 2 rings (SSSR count). The van der Waals surface area contributed by atoms with Gasteiger partial charge in [0.05, 0.1) is 6.54 Å². The summed E-state index contributed by atoms with van der Waals surface area (Å²) in [4.78, 5) is 38.2. The second-order valence-electron chi connectivity index (χ2n) is 6.42. The SMILES string of the molecule is CCCN(CC(=O)Nc1ccccc1C)C(=O)COC(=O)c1ccc(Cl)cc1O. The van der Waals surface area contributed by atoms with Gasteiger partial charge < -0.3 is 20.1 Å². The van der Waals surface area contributed by atoms with Gasteiger partial charge in [0, 0.05) is 17.3 Å². The summed E-state index contributed by atoms with van der Waals surface area (Å²) in [5.41, 5.74) is 1.48. The minimum Gasteiger partial charge on any atom is -0.507 e. The summed E-state index contributed by atoms with van der Waals surface area (Å²) in [6.07, 6.45) is 0.634. The molecule has 0 aromatic heterocycles. The van der Waals surface area contributed by atoms with Crippen LogP contribution in [0.4, 0.5) is 5.69 Å². The van der Waals surface area contributed by atoms with Crippen LogP contribution in [0.2, 0.25) is 5.02 Å². The lowest BCUT2D eigenvalue weighted by Crippen LogP contribution is -2.40. The molecular weight excluding hydrogens is 396 g/mol. The standard InChI is InChI=1S/C21H23ClN2O5/c1-3-10-24(12-19(26)23-17-7-5-4-6-14(17)2)20(27)13-29-21(28)16-9-8-15(22)11-18(16)25/h4-9,11,25H,3,10,12-13H2,1-2H3,(H,23,26). The maximum absolute atomic E-state index is 12.4. The first kappa shape index (κ1) is 22.2. The Morgan fingerprint density at radius 3 is 2.55 bits per heavy atom. The van der Waals surface area contributed by atoms with Gasteiger partial charge in [-0.3, -0.25) is 9.59 Å². The van der Waals surface area contributed by atoms with Crippen molar-refractivity contribution in [2.75, 3.05) is 25.0 Å². The lowest BCUT2D eigenvalue weighted by molar-refractivity contribution is -0.137. The lowest BCUT2D eigenvalue weighted by atomic mass is 10.2. The van der Waals surface area contributed by atoms with Crippen LogP contribution < -0.4 is 5.32 Å². The third kappa shape index (κ3) is 6.50. The van der Waals surface area contributed by atoms with Crippen molar-refractivity contribution in [3.63, 3.8) is 0 Å². The Labute approximate surface area is 174 Å². The summed E-state index contributed by atoms with van der Waals surface area (Å²) >= 11 is 5.73. The Morgan fingerprint density at radius 2 is 1.90 bits per heavy atom. The molecule has 2 aromatic rings. The van der Waals surface area contributed by atoms with E-state index in [1.807, 2.05) is 32.0 Å². The zero-order valence-electron chi connectivity index (χ0n) is 16.3. The number of phenolic OH excluding ortho intramolecular Hbond substituents is 1. The van der Waals surface area contributed by atoms with E-state index >= 15 is 0 Å². The lowest BCUT2D eigenvalue weighted by Gasteiger charge is -2.21. The van der Waals surface area contributed by atoms with Crippen LogP contribution in [0.5, 0.6) is 5.75 Å². The Balaban J connectivity index is 1.95. The zero-order valence-corrected chi connectivity index (χ0v) is 17.0. The molecule has 8 heteroatoms. The van der Waals surface area contributed by atoms with Gasteiger partial charge in [0.2, 0.25) is 5.91 Å². The molecule has 0 aliphatic heterocycles. The average molecular weight is 419 g/mol. The summed E-state index contributed by atoms with van der Waals surface area (Å²) in [6, 6.07) is 11.3. The van der Waals surface area contributed by atoms with Crippen LogP contribution in [0.15, 0.2) is 42.5 Å². The number of aromatic hydroxyl groups is 1. The Bertz CT molecular complexity index is 900. The highest BCUT2D eigenvalue weighted by atomic mass is 35.5. The molecule has 0 bridgehead atoms. The van der Waals surface area contributed by atoms with E-state index in [0.717, 1.165) is 5.56 Å². The van der Waals surface area contributed by atoms with Gasteiger partial charge in [-0.2, -0.15) is 0 Å². The summed E-state index contributed by atoms with van der Waals surface area (Å²) in [5.74, 6) is -2.04. The highest BCUT2D eigenvalue weighted by Gasteiger charge is 2.20. The Kier molecular flexibility index (Phi) is 8.03. The highest BCUT2D eigenvalue weighted by molar-refractivity contribution is 6.30. The minimum atomic E-state index is -0.853. The van der Waals surface area contributed by atoms with E-state index in [-0.39, 0.29) is 28.8 Å². The van der Waals surface area contributed by atoms with Crippen LogP contribution in [-0.2, 0) is 14.3 Å². The molecule has 0 spiro atoms. The molecule has 7 nitrogen and oxygen atoms in total. The molecule has 0 heterocycles. The summed E-state index contributed by atoms with van der Waals surface area (Å²) < 4.78 is 4.99. The van der Waals surface area contributed by atoms with Crippen LogP contribution in [-0.4, -0.2) is 47.5 Å². The summed E-state index contributed by atoms with van der Waals surface area (Å²) in [5, 5.41) is 12.8. The predicted octanol–water partition coefficient (Wildman–Crippen LogP) is 3.39. The molecule has 0 aliphatic carbocycles. The van der Waals surface area contributed by atoms with E-state index in [9.17, 15) is 19.5 Å². The maximum Gasteiger partial charge on any atom is 0.342 e. The van der Waals surface area contributed by atoms with Crippen LogP contribution in [0.1, 0.15) is 29.3 Å². The fourth-order valence-electron chi connectivity index (χ4n) is 2.61. The third-order valence-corrected chi connectivity index (χ3v) is 4.34. The van der Waals surface area contributed by atoms with E-state index in [0.29, 0.717) is 18.7 Å². The smallest absolute Gasteiger partial charge is 0.342 e. The number of rotatable bonds is 8. The number of nitrogens with one attached hydrogen (secondary N) is 1. The normalized spacial score (nSPS) is 10.3. The number of ether oxygens (including phenoxy) is 1. The fraction of sp³-hybridized carbons (Fsp3) is 0.286. The Hall–Kier alpha value is -3.06. The second kappa shape index (κ2) is 10.5. The fourth-order valence-corrected chi connectivity index (χ4v) is 2.78. The third-order valence-electron chi connectivity index (χ3n) is 4.11. The first-order valence-electron chi connectivity index (χ1n) is 9.10. The van der Waals surface area contributed by atoms with Crippen LogP contribution in [0, 0.1) is 6.92 Å². The molecule has 0 unspecified atom stereocenters. The quantitative estimate of drug-likeness (QED) is 0.640. The number of esters is 1. The van der Waals surface area contributed by atoms with Crippen molar-refractivity contribution in [1.29, 1.82) is 0 Å². The number of nitrogens with zero attached hydrogens (tertiary/aromatic N) is 1. The average Bonchev–Trinajstić information content (AvgIpc) is 2.67. The van der Waals surface area contributed by atoms with Gasteiger partial charge in [-0.25, -0.2) is 4.79 Å². The molecule has 0 saturated carbocycles. The molecule has 2 N–H and O–H groups in total. The number of benzene rings is 2. The van der Waals surface area contributed by atoms with Crippen molar-refractivity contribution in [3.05, 3.63) is 58.6 Å². The number of hydrogen-bond donors (Lipinski definition) is 2. The van der Waals surface area contributed by atoms with E-state index in [1.165, 1.54) is 23.1 Å². The molecule has 0 radical (unpaired) electrons. The van der Waals surface area contributed by atoms with Crippen LogP contribution >= 0.6 is 11.6 Å². The van der Waals surface area contributed by atoms with Gasteiger partial charge in [-0.05, 0) is 43.2 Å². The van der Waals surface area contributed by atoms with Gasteiger partial charge in [0.25, 0.3) is 5.91 Å². The molecule has 0 fully saturated rings. The Morgan fingerprint density at radius 1 is 1.17 bits per heavy atom. The number of para-hydroxylation sites is 1. The van der Waals surface area contributed by atoms with Crippen molar-refractivity contribution >= 4 is 35.1 Å². The van der Waals surface area contributed by atoms with E-state index in [4.69, 9.17) is 16.3 Å². The maximum atomic E-state index is 12.4. The van der Waals surface area contributed by atoms with Crippen molar-refractivity contribution in [3.8, 4) is 5.75 Å². The number of hydrogen-bond acceptors (Lipinski definition) is 5. The first-order chi connectivity index (χ1) is 13.8. The molecule has 0 atom stereocenters. The van der Waals surface area contributed by atoms with Crippen molar-refractivity contribution in [2.45, 2.75) is 20.3 Å². The van der Waals surface area contributed by atoms with E-state index in [2.05, 4.69) is 5.32 Å². The second-order valence-corrected chi connectivity index (χ2v) is 6.85. The number of amides is 2. The van der Waals surface area contributed by atoms with Crippen LogP contribution in [0.25, 0.3) is 0 Å². The molecule has 0 aliphatic rings. The van der Waals surface area contributed by atoms with Crippen molar-refractivity contribution in [2.24, 2.45) is 0 Å². The first-order valence-corrected chi connectivity index (χ1v) is 9.48. The largest absolute Gasteiger partial charge is 0.507 e. The van der Waals surface area contributed by atoms with Gasteiger partial charge >= 0.3 is 5.97 Å². The van der Waals surface area contributed by atoms with E-state index in [1.54, 1.807) is 6.07 Å². The molecule has 2 aromatic carbocycles. The van der Waals surface area contributed by atoms with Gasteiger partial charge in [-0.15, -0.1) is 0 Å². The minimum absolute atomic E-state index is 0.0958. The van der Waals surface area contributed by atoms with Gasteiger partial charge in [0.15, 0.2) is 6.61 Å². The van der Waals surface area contributed by atoms with Crippen LogP contribution in [0.3, 0.4) is 0 Å². The molecule has 2 amide bonds. The zero-order chi connectivity index (χ0) is 21.4. The van der Waals surface area contributed by atoms with E-state index < -0.39 is 18.5 Å².